The van der Waals surface area contributed by atoms with Crippen LogP contribution in [0.5, 0.6) is 0 Å². The third-order valence-corrected chi connectivity index (χ3v) is 5.00. The van der Waals surface area contributed by atoms with Crippen molar-refractivity contribution in [2.24, 2.45) is 0 Å². The average molecular weight is 354 g/mol. The number of esters is 1. The molecule has 4 N–H and O–H groups in total. The van der Waals surface area contributed by atoms with E-state index in [1.807, 2.05) is 11.0 Å². The maximum atomic E-state index is 11.8. The summed E-state index contributed by atoms with van der Waals surface area (Å²) >= 11 is 1.57. The molecule has 0 saturated heterocycles. The average Bonchev–Trinajstić information content (AvgIpc) is 2.58. The van der Waals surface area contributed by atoms with Crippen molar-refractivity contribution in [1.82, 2.24) is 5.32 Å². The van der Waals surface area contributed by atoms with Crippen LogP contribution in [-0.2, 0) is 15.3 Å². The van der Waals surface area contributed by atoms with Gasteiger partial charge in [-0.15, -0.1) is 0 Å². The largest absolute Gasteiger partial charge is 0.488 e. The molecule has 0 aliphatic carbocycles. The Hall–Kier alpha value is -1.26. The van der Waals surface area contributed by atoms with Crippen molar-refractivity contribution in [3.8, 4) is 0 Å². The zero-order valence-corrected chi connectivity index (χ0v) is 14.5. The molecule has 0 fully saturated rings. The molecule has 0 bridgehead atoms. The normalized spacial score (nSPS) is 18.7. The fourth-order valence-electron chi connectivity index (χ4n) is 2.68. The van der Waals surface area contributed by atoms with Crippen LogP contribution in [0.15, 0.2) is 18.2 Å². The van der Waals surface area contributed by atoms with Gasteiger partial charge in [0.25, 0.3) is 0 Å². The Bertz CT molecular complexity index is 561. The van der Waals surface area contributed by atoms with Gasteiger partial charge in [-0.05, 0) is 17.1 Å². The number of fused-ring (bicyclic) bond motifs is 1. The van der Waals surface area contributed by atoms with Crippen molar-refractivity contribution in [3.63, 3.8) is 0 Å². The Morgan fingerprint density at radius 1 is 1.50 bits per heavy atom. The van der Waals surface area contributed by atoms with Crippen LogP contribution in [0.3, 0.4) is 0 Å². The van der Waals surface area contributed by atoms with Crippen LogP contribution in [-0.4, -0.2) is 73.4 Å². The Morgan fingerprint density at radius 2 is 2.29 bits per heavy atom. The number of anilines is 1. The first-order valence-corrected chi connectivity index (χ1v) is 8.96. The Labute approximate surface area is 146 Å². The van der Waals surface area contributed by atoms with Crippen LogP contribution in [0.4, 0.5) is 5.69 Å². The summed E-state index contributed by atoms with van der Waals surface area (Å²) in [6.07, 6.45) is 0. The molecule has 0 aromatic heterocycles. The monoisotopic (exact) mass is 354 g/mol. The minimum atomic E-state index is -1.52. The third kappa shape index (κ3) is 4.87. The van der Waals surface area contributed by atoms with Crippen LogP contribution in [0.2, 0.25) is 0 Å². The van der Waals surface area contributed by atoms with Crippen molar-refractivity contribution in [2.75, 3.05) is 44.0 Å². The molecule has 1 aliphatic heterocycles. The molecule has 1 aliphatic rings. The summed E-state index contributed by atoms with van der Waals surface area (Å²) in [7, 11) is -0.151. The minimum absolute atomic E-state index is 0.0113. The molecule has 2 rings (SSSR count). The van der Waals surface area contributed by atoms with Gasteiger partial charge in [-0.1, -0.05) is 12.1 Å². The van der Waals surface area contributed by atoms with Crippen LogP contribution < -0.4 is 15.7 Å². The summed E-state index contributed by atoms with van der Waals surface area (Å²) in [5, 5.41) is 31.3. The summed E-state index contributed by atoms with van der Waals surface area (Å²) in [5.41, 5.74) is 2.34. The second kappa shape index (κ2) is 9.29. The van der Waals surface area contributed by atoms with Gasteiger partial charge in [-0.2, -0.15) is 11.8 Å². The first-order valence-electron chi connectivity index (χ1n) is 7.80. The fourth-order valence-corrected chi connectivity index (χ4v) is 3.74. The van der Waals surface area contributed by atoms with E-state index in [1.165, 1.54) is 7.11 Å². The molecule has 1 atom stereocenters. The van der Waals surface area contributed by atoms with E-state index < -0.39 is 7.12 Å². The van der Waals surface area contributed by atoms with Crippen LogP contribution in [0.1, 0.15) is 5.56 Å². The van der Waals surface area contributed by atoms with E-state index in [0.717, 1.165) is 11.3 Å². The lowest BCUT2D eigenvalue weighted by Crippen LogP contribution is -2.45. The zero-order chi connectivity index (χ0) is 17.5. The van der Waals surface area contributed by atoms with E-state index in [0.29, 0.717) is 36.6 Å². The highest BCUT2D eigenvalue weighted by Crippen LogP contribution is 2.25. The second-order valence-electron chi connectivity index (χ2n) is 5.52. The number of carbonyl (C=O) groups excluding carboxylic acids is 1. The van der Waals surface area contributed by atoms with Gasteiger partial charge in [-0.3, -0.25) is 4.79 Å². The number of thioether (sulfide) groups is 1. The molecule has 1 aromatic rings. The van der Waals surface area contributed by atoms with Crippen molar-refractivity contribution >= 4 is 36.0 Å². The minimum Gasteiger partial charge on any atom is -0.468 e. The van der Waals surface area contributed by atoms with E-state index >= 15 is 0 Å². The van der Waals surface area contributed by atoms with Gasteiger partial charge in [0.15, 0.2) is 0 Å². The van der Waals surface area contributed by atoms with Gasteiger partial charge < -0.3 is 30.1 Å². The summed E-state index contributed by atoms with van der Waals surface area (Å²) in [6.45, 7) is 1.66. The Morgan fingerprint density at radius 3 is 2.96 bits per heavy atom. The molecule has 24 heavy (non-hydrogen) atoms. The van der Waals surface area contributed by atoms with E-state index in [-0.39, 0.29) is 18.6 Å². The summed E-state index contributed by atoms with van der Waals surface area (Å²) in [4.78, 5) is 13.8. The number of nitrogens with one attached hydrogen (secondary N) is 1. The smallest absolute Gasteiger partial charge is 0.468 e. The Kier molecular flexibility index (Phi) is 7.38. The van der Waals surface area contributed by atoms with Crippen molar-refractivity contribution < 1.29 is 24.7 Å². The molecule has 132 valence electrons. The predicted octanol–water partition coefficient (Wildman–Crippen LogP) is -1.46. The third-order valence-electron chi connectivity index (χ3n) is 3.91. The quantitative estimate of drug-likeness (QED) is 0.385. The lowest BCUT2D eigenvalue weighted by Gasteiger charge is -2.29. The molecule has 1 heterocycles. The highest BCUT2D eigenvalue weighted by Gasteiger charge is 2.22. The maximum absolute atomic E-state index is 11.8. The van der Waals surface area contributed by atoms with E-state index in [1.54, 1.807) is 23.9 Å². The molecule has 0 radical (unpaired) electrons. The number of ether oxygens (including phenoxy) is 1. The predicted molar refractivity (Wildman–Crippen MR) is 95.5 cm³/mol. The lowest BCUT2D eigenvalue weighted by atomic mass is 9.79. The zero-order valence-electron chi connectivity index (χ0n) is 13.6. The number of hydrogen-bond donors (Lipinski definition) is 4. The SMILES string of the molecule is COC(=O)C1CSCc2cc(B(O)O)ccc2N(CCO)CCN1. The summed E-state index contributed by atoms with van der Waals surface area (Å²) < 4.78 is 4.82. The molecule has 1 aromatic carbocycles. The van der Waals surface area contributed by atoms with Gasteiger partial charge in [0.2, 0.25) is 0 Å². The van der Waals surface area contributed by atoms with Crippen molar-refractivity contribution in [1.29, 1.82) is 0 Å². The topological polar surface area (TPSA) is 102 Å². The summed E-state index contributed by atoms with van der Waals surface area (Å²) in [6, 6.07) is 4.90. The molecule has 0 spiro atoms. The number of rotatable bonds is 4. The highest BCUT2D eigenvalue weighted by atomic mass is 32.2. The number of aliphatic hydroxyl groups excluding tert-OH is 1. The lowest BCUT2D eigenvalue weighted by molar-refractivity contribution is -0.142. The van der Waals surface area contributed by atoms with E-state index in [9.17, 15) is 19.9 Å². The number of methoxy groups -OCH3 is 1. The van der Waals surface area contributed by atoms with Crippen molar-refractivity contribution in [3.05, 3.63) is 23.8 Å². The van der Waals surface area contributed by atoms with E-state index in [2.05, 4.69) is 5.32 Å². The van der Waals surface area contributed by atoms with Gasteiger partial charge in [0, 0.05) is 36.8 Å². The summed E-state index contributed by atoms with van der Waals surface area (Å²) in [5.74, 6) is 0.891. The molecule has 7 nitrogen and oxygen atoms in total. The maximum Gasteiger partial charge on any atom is 0.488 e. The Balaban J connectivity index is 2.27. The molecular weight excluding hydrogens is 331 g/mol. The van der Waals surface area contributed by atoms with Crippen LogP contribution in [0, 0.1) is 0 Å². The fraction of sp³-hybridized carbons (Fsp3) is 0.533. The number of hydrogen-bond acceptors (Lipinski definition) is 8. The molecular formula is C15H23BN2O5S. The van der Waals surface area contributed by atoms with Gasteiger partial charge in [0.1, 0.15) is 6.04 Å². The second-order valence-corrected chi connectivity index (χ2v) is 6.55. The highest BCUT2D eigenvalue weighted by molar-refractivity contribution is 7.98. The number of nitrogens with zero attached hydrogens (tertiary/aromatic N) is 1. The number of benzene rings is 1. The first kappa shape index (κ1) is 19.1. The number of β-amino-alcohol motifs (C(OH)–C–C–N with tert-alkyl or cyclic N) is 1. The first-order chi connectivity index (χ1) is 11.6. The van der Waals surface area contributed by atoms with Gasteiger partial charge in [-0.25, -0.2) is 0 Å². The van der Waals surface area contributed by atoms with E-state index in [4.69, 9.17) is 4.74 Å². The molecule has 0 saturated carbocycles. The van der Waals surface area contributed by atoms with Gasteiger partial charge >= 0.3 is 13.1 Å². The van der Waals surface area contributed by atoms with Crippen LogP contribution >= 0.6 is 11.8 Å². The number of aliphatic hydroxyl groups is 1. The molecule has 1 unspecified atom stereocenters. The standard InChI is InChI=1S/C15H23BN2O5S/c1-23-15(20)13-10-24-9-11-8-12(16(21)22)2-3-14(11)18(6-7-19)5-4-17-13/h2-3,8,13,17,19,21-22H,4-7,9-10H2,1H3. The van der Waals surface area contributed by atoms with Crippen LogP contribution in [0.25, 0.3) is 0 Å². The van der Waals surface area contributed by atoms with Crippen molar-refractivity contribution in [2.45, 2.75) is 11.8 Å². The molecule has 0 amide bonds. The number of carbonyl (C=O) groups is 1. The van der Waals surface area contributed by atoms with Gasteiger partial charge in [0.05, 0.1) is 13.7 Å². The molecule has 9 heteroatoms.